The van der Waals surface area contributed by atoms with Crippen LogP contribution in [-0.4, -0.2) is 20.8 Å². The van der Waals surface area contributed by atoms with Crippen molar-refractivity contribution in [2.45, 2.75) is 0 Å². The van der Waals surface area contributed by atoms with Crippen LogP contribution in [0.1, 0.15) is 16.2 Å². The van der Waals surface area contributed by atoms with E-state index in [2.05, 4.69) is 42.2 Å². The lowest BCUT2D eigenvalue weighted by Gasteiger charge is -1.97. The van der Waals surface area contributed by atoms with Gasteiger partial charge in [-0.25, -0.2) is 4.68 Å². The number of carbonyl (C=O) groups is 1. The highest BCUT2D eigenvalue weighted by molar-refractivity contribution is 9.10. The molecule has 0 radical (unpaired) electrons. The van der Waals surface area contributed by atoms with Gasteiger partial charge >= 0.3 is 0 Å². The smallest absolute Gasteiger partial charge is 0.249 e. The third-order valence-electron chi connectivity index (χ3n) is 2.72. The predicted molar refractivity (Wildman–Crippen MR) is 76.0 cm³/mol. The van der Waals surface area contributed by atoms with E-state index in [1.807, 2.05) is 18.2 Å². The predicted octanol–water partition coefficient (Wildman–Crippen LogP) is 3.32. The topological polar surface area (TPSA) is 60.9 Å². The molecule has 0 unspecified atom stereocenters. The number of hydrogen-bond acceptors (Lipinski definition) is 4. The van der Waals surface area contributed by atoms with E-state index in [9.17, 15) is 4.79 Å². The van der Waals surface area contributed by atoms with Crippen molar-refractivity contribution in [1.82, 2.24) is 15.0 Å². The molecular weight excluding hydrogens is 378 g/mol. The molecule has 19 heavy (non-hydrogen) atoms. The molecule has 0 saturated carbocycles. The summed E-state index contributed by atoms with van der Waals surface area (Å²) >= 11 is 6.60. The highest BCUT2D eigenvalue weighted by Crippen LogP contribution is 2.28. The van der Waals surface area contributed by atoms with Crippen LogP contribution in [0, 0.1) is 0 Å². The summed E-state index contributed by atoms with van der Waals surface area (Å²) in [5, 5.41) is 8.44. The van der Waals surface area contributed by atoms with Gasteiger partial charge in [-0.15, -0.1) is 5.10 Å². The zero-order valence-corrected chi connectivity index (χ0v) is 12.9. The maximum atomic E-state index is 12.4. The zero-order valence-electron chi connectivity index (χ0n) is 9.72. The lowest BCUT2D eigenvalue weighted by molar-refractivity contribution is 0.100. The fourth-order valence-corrected chi connectivity index (χ4v) is 2.80. The summed E-state index contributed by atoms with van der Waals surface area (Å²) in [6, 6.07) is 7.35. The van der Waals surface area contributed by atoms with Gasteiger partial charge in [-0.2, -0.15) is 0 Å². The molecule has 7 heteroatoms. The highest BCUT2D eigenvalue weighted by atomic mass is 79.9. The van der Waals surface area contributed by atoms with Crippen LogP contribution in [0.25, 0.3) is 11.0 Å². The molecule has 96 valence electrons. The van der Waals surface area contributed by atoms with E-state index in [1.54, 1.807) is 13.1 Å². The van der Waals surface area contributed by atoms with Crippen molar-refractivity contribution in [2.24, 2.45) is 7.05 Å². The molecule has 2 heterocycles. The largest absolute Gasteiger partial charge is 0.451 e. The van der Waals surface area contributed by atoms with E-state index in [0.717, 1.165) is 9.86 Å². The number of para-hydroxylation sites is 1. The standard InChI is InChI=1S/C12H7Br2N3O2/c1-17-9(12(14)15-16-17)10(18)8-5-6-3-2-4-7(13)11(6)19-8/h2-5H,1H3. The Morgan fingerprint density at radius 2 is 2.16 bits per heavy atom. The molecule has 0 aliphatic heterocycles. The molecule has 3 rings (SSSR count). The molecule has 2 aromatic heterocycles. The Hall–Kier alpha value is -1.47. The SMILES string of the molecule is Cn1nnc(Br)c1C(=O)c1cc2cccc(Br)c2o1. The van der Waals surface area contributed by atoms with Crippen LogP contribution in [0.15, 0.2) is 37.8 Å². The number of fused-ring (bicyclic) bond motifs is 1. The van der Waals surface area contributed by atoms with Crippen molar-refractivity contribution in [3.05, 3.63) is 44.8 Å². The number of hydrogen-bond donors (Lipinski definition) is 0. The van der Waals surface area contributed by atoms with Gasteiger partial charge in [-0.1, -0.05) is 17.3 Å². The monoisotopic (exact) mass is 383 g/mol. The first-order chi connectivity index (χ1) is 9.08. The van der Waals surface area contributed by atoms with Gasteiger partial charge in [0.1, 0.15) is 11.3 Å². The first kappa shape index (κ1) is 12.6. The summed E-state index contributed by atoms with van der Waals surface area (Å²) in [4.78, 5) is 12.4. The van der Waals surface area contributed by atoms with Crippen LogP contribution in [0.4, 0.5) is 0 Å². The van der Waals surface area contributed by atoms with Crippen molar-refractivity contribution in [3.8, 4) is 0 Å². The molecule has 0 atom stereocenters. The van der Waals surface area contributed by atoms with Gasteiger partial charge < -0.3 is 4.42 Å². The zero-order chi connectivity index (χ0) is 13.6. The van der Waals surface area contributed by atoms with Gasteiger partial charge in [0.05, 0.1) is 4.47 Å². The maximum absolute atomic E-state index is 12.4. The van der Waals surface area contributed by atoms with Crippen LogP contribution in [-0.2, 0) is 7.05 Å². The summed E-state index contributed by atoms with van der Waals surface area (Å²) in [5.41, 5.74) is 1.01. The third-order valence-corrected chi connectivity index (χ3v) is 3.88. The molecule has 0 N–H and O–H groups in total. The van der Waals surface area contributed by atoms with E-state index >= 15 is 0 Å². The van der Waals surface area contributed by atoms with Crippen LogP contribution >= 0.6 is 31.9 Å². The van der Waals surface area contributed by atoms with E-state index in [1.165, 1.54) is 4.68 Å². The Morgan fingerprint density at radius 1 is 1.37 bits per heavy atom. The minimum absolute atomic E-state index is 0.257. The Balaban J connectivity index is 2.15. The van der Waals surface area contributed by atoms with Crippen LogP contribution in [0.2, 0.25) is 0 Å². The number of nitrogens with zero attached hydrogens (tertiary/aromatic N) is 3. The average molecular weight is 385 g/mol. The van der Waals surface area contributed by atoms with E-state index in [4.69, 9.17) is 4.42 Å². The second-order valence-corrected chi connectivity index (χ2v) is 5.56. The number of ketones is 1. The summed E-state index contributed by atoms with van der Waals surface area (Å²) in [6.07, 6.45) is 0. The molecule has 0 spiro atoms. The number of carbonyl (C=O) groups excluding carboxylic acids is 1. The number of furan rings is 1. The minimum atomic E-state index is -0.262. The summed E-state index contributed by atoms with van der Waals surface area (Å²) in [5.74, 6) is -0.00419. The molecule has 0 aliphatic rings. The van der Waals surface area contributed by atoms with Crippen molar-refractivity contribution in [3.63, 3.8) is 0 Å². The summed E-state index contributed by atoms with van der Waals surface area (Å²) < 4.78 is 8.23. The van der Waals surface area contributed by atoms with Gasteiger partial charge in [-0.3, -0.25) is 4.79 Å². The number of aromatic nitrogens is 3. The molecule has 1 aromatic carbocycles. The molecule has 0 fully saturated rings. The van der Waals surface area contributed by atoms with Crippen molar-refractivity contribution in [2.75, 3.05) is 0 Å². The van der Waals surface area contributed by atoms with Crippen molar-refractivity contribution < 1.29 is 9.21 Å². The van der Waals surface area contributed by atoms with Gasteiger partial charge in [0.2, 0.25) is 5.78 Å². The quantitative estimate of drug-likeness (QED) is 0.636. The fraction of sp³-hybridized carbons (Fsp3) is 0.0833. The first-order valence-electron chi connectivity index (χ1n) is 5.36. The van der Waals surface area contributed by atoms with Crippen LogP contribution < -0.4 is 0 Å². The molecule has 3 aromatic rings. The molecule has 0 amide bonds. The molecule has 5 nitrogen and oxygen atoms in total. The third kappa shape index (κ3) is 2.02. The maximum Gasteiger partial charge on any atom is 0.249 e. The molecule has 0 saturated heterocycles. The summed E-state index contributed by atoms with van der Waals surface area (Å²) in [7, 11) is 1.66. The van der Waals surface area contributed by atoms with Gasteiger partial charge in [0.15, 0.2) is 10.4 Å². The number of halogens is 2. The molecule has 0 aliphatic carbocycles. The lowest BCUT2D eigenvalue weighted by Crippen LogP contribution is -2.07. The second-order valence-electron chi connectivity index (χ2n) is 3.95. The minimum Gasteiger partial charge on any atom is -0.451 e. The van der Waals surface area contributed by atoms with Gasteiger partial charge in [0, 0.05) is 12.4 Å². The summed E-state index contributed by atoms with van der Waals surface area (Å²) in [6.45, 7) is 0. The van der Waals surface area contributed by atoms with Gasteiger partial charge in [-0.05, 0) is 44.0 Å². The second kappa shape index (κ2) is 4.57. The highest BCUT2D eigenvalue weighted by Gasteiger charge is 2.22. The molecular formula is C12H7Br2N3O2. The average Bonchev–Trinajstić information content (AvgIpc) is 2.94. The normalized spacial score (nSPS) is 11.1. The van der Waals surface area contributed by atoms with E-state index in [-0.39, 0.29) is 11.5 Å². The Bertz CT molecular complexity index is 772. The number of rotatable bonds is 2. The number of benzene rings is 1. The van der Waals surface area contributed by atoms with Crippen molar-refractivity contribution >= 4 is 48.6 Å². The first-order valence-corrected chi connectivity index (χ1v) is 6.94. The van der Waals surface area contributed by atoms with Crippen molar-refractivity contribution in [1.29, 1.82) is 0 Å². The Morgan fingerprint density at radius 3 is 2.79 bits per heavy atom. The van der Waals surface area contributed by atoms with Crippen LogP contribution in [0.5, 0.6) is 0 Å². The van der Waals surface area contributed by atoms with E-state index in [0.29, 0.717) is 15.9 Å². The Labute approximate surface area is 124 Å². The molecule has 0 bridgehead atoms. The Kier molecular flexibility index (Phi) is 3.02. The fourth-order valence-electron chi connectivity index (χ4n) is 1.83. The number of aryl methyl sites for hydroxylation is 1. The lowest BCUT2D eigenvalue weighted by atomic mass is 10.2. The van der Waals surface area contributed by atoms with Gasteiger partial charge in [0.25, 0.3) is 0 Å². The van der Waals surface area contributed by atoms with Crippen LogP contribution in [0.3, 0.4) is 0 Å². The van der Waals surface area contributed by atoms with E-state index < -0.39 is 0 Å².